The zero-order valence-corrected chi connectivity index (χ0v) is 16.3. The van der Waals surface area contributed by atoms with Gasteiger partial charge in [0.2, 0.25) is 0 Å². The monoisotopic (exact) mass is 469 g/mol. The average Bonchev–Trinajstić information content (AvgIpc) is 3.25. The van der Waals surface area contributed by atoms with E-state index in [0.717, 1.165) is 25.9 Å². The van der Waals surface area contributed by atoms with Gasteiger partial charge in [-0.25, -0.2) is 4.99 Å². The normalized spacial score (nSPS) is 24.6. The number of rotatable bonds is 3. The lowest BCUT2D eigenvalue weighted by atomic mass is 10.00. The van der Waals surface area contributed by atoms with Crippen LogP contribution < -0.4 is 10.5 Å². The fourth-order valence-electron chi connectivity index (χ4n) is 3.15. The van der Waals surface area contributed by atoms with Crippen LogP contribution in [-0.2, 0) is 0 Å². The lowest BCUT2D eigenvalue weighted by Gasteiger charge is -2.31. The maximum absolute atomic E-state index is 12.5. The van der Waals surface area contributed by atoms with E-state index in [1.807, 2.05) is 0 Å². The van der Waals surface area contributed by atoms with Gasteiger partial charge in [0.05, 0.1) is 6.04 Å². The number of nitrogens with two attached hydrogens (primary N) is 1. The van der Waals surface area contributed by atoms with Crippen molar-refractivity contribution in [3.63, 3.8) is 0 Å². The molecule has 0 bridgehead atoms. The Bertz CT molecular complexity index is 615. The van der Waals surface area contributed by atoms with Crippen molar-refractivity contribution in [3.05, 3.63) is 29.8 Å². The van der Waals surface area contributed by atoms with Gasteiger partial charge in [-0.2, -0.15) is 0 Å². The van der Waals surface area contributed by atoms with E-state index in [2.05, 4.69) is 21.6 Å². The van der Waals surface area contributed by atoms with E-state index in [1.165, 1.54) is 12.1 Å². The SMILES string of the molecule is CC1CCN(C(N)=NC2CC2c2ccccc2OC(F)(F)F)CC1.I. The molecule has 1 saturated heterocycles. The predicted molar refractivity (Wildman–Crippen MR) is 101 cm³/mol. The molecule has 1 aliphatic carbocycles. The molecule has 1 heterocycles. The van der Waals surface area contributed by atoms with Crippen molar-refractivity contribution in [2.45, 2.75) is 44.5 Å². The summed E-state index contributed by atoms with van der Waals surface area (Å²) < 4.78 is 41.7. The molecule has 25 heavy (non-hydrogen) atoms. The molecule has 3 rings (SSSR count). The smallest absolute Gasteiger partial charge is 0.405 e. The van der Waals surface area contributed by atoms with Gasteiger partial charge in [0.25, 0.3) is 0 Å². The molecule has 2 N–H and O–H groups in total. The van der Waals surface area contributed by atoms with Crippen LogP contribution in [0.1, 0.15) is 37.7 Å². The van der Waals surface area contributed by atoms with Gasteiger partial charge in [0, 0.05) is 19.0 Å². The summed E-state index contributed by atoms with van der Waals surface area (Å²) in [7, 11) is 0. The van der Waals surface area contributed by atoms with E-state index >= 15 is 0 Å². The van der Waals surface area contributed by atoms with Crippen LogP contribution in [0.5, 0.6) is 5.75 Å². The summed E-state index contributed by atoms with van der Waals surface area (Å²) in [6.07, 6.45) is -1.81. The van der Waals surface area contributed by atoms with Crippen LogP contribution in [-0.4, -0.2) is 36.4 Å². The van der Waals surface area contributed by atoms with Gasteiger partial charge >= 0.3 is 6.36 Å². The molecule has 1 aliphatic heterocycles. The Labute approximate surface area is 162 Å². The van der Waals surface area contributed by atoms with E-state index in [1.54, 1.807) is 12.1 Å². The summed E-state index contributed by atoms with van der Waals surface area (Å²) in [6.45, 7) is 4.00. The van der Waals surface area contributed by atoms with E-state index < -0.39 is 6.36 Å². The Morgan fingerprint density at radius 2 is 1.88 bits per heavy atom. The molecule has 1 saturated carbocycles. The minimum atomic E-state index is -4.69. The molecule has 0 radical (unpaired) electrons. The zero-order valence-electron chi connectivity index (χ0n) is 14.0. The first-order valence-electron chi connectivity index (χ1n) is 8.26. The second-order valence-electron chi connectivity index (χ2n) is 6.65. The second kappa shape index (κ2) is 8.01. The predicted octanol–water partition coefficient (Wildman–Crippen LogP) is 4.11. The number of aliphatic imine (C=N–C) groups is 1. The third-order valence-electron chi connectivity index (χ3n) is 4.71. The molecule has 2 unspecified atom stereocenters. The summed E-state index contributed by atoms with van der Waals surface area (Å²) in [5.74, 6) is 1.00. The van der Waals surface area contributed by atoms with Gasteiger partial charge < -0.3 is 15.4 Å². The number of nitrogens with zero attached hydrogens (tertiary/aromatic N) is 2. The summed E-state index contributed by atoms with van der Waals surface area (Å²) in [4.78, 5) is 6.58. The highest BCUT2D eigenvalue weighted by Crippen LogP contribution is 2.47. The third kappa shape index (κ3) is 5.39. The molecule has 8 heteroatoms. The Morgan fingerprint density at radius 1 is 1.24 bits per heavy atom. The second-order valence-corrected chi connectivity index (χ2v) is 6.65. The number of halogens is 4. The Morgan fingerprint density at radius 3 is 2.52 bits per heavy atom. The van der Waals surface area contributed by atoms with E-state index in [0.29, 0.717) is 23.9 Å². The lowest BCUT2D eigenvalue weighted by molar-refractivity contribution is -0.274. The Kier molecular flexibility index (Phi) is 6.45. The Hall–Kier alpha value is -1.19. The van der Waals surface area contributed by atoms with Crippen LogP contribution in [0.3, 0.4) is 0 Å². The minimum absolute atomic E-state index is 0. The number of alkyl halides is 3. The highest BCUT2D eigenvalue weighted by Gasteiger charge is 2.42. The van der Waals surface area contributed by atoms with Gasteiger partial charge in [0.15, 0.2) is 5.96 Å². The zero-order chi connectivity index (χ0) is 17.3. The number of hydrogen-bond acceptors (Lipinski definition) is 2. The summed E-state index contributed by atoms with van der Waals surface area (Å²) in [5, 5.41) is 0. The minimum Gasteiger partial charge on any atom is -0.405 e. The Balaban J connectivity index is 0.00000225. The number of piperidine rings is 1. The first-order valence-corrected chi connectivity index (χ1v) is 8.26. The summed E-state index contributed by atoms with van der Waals surface area (Å²) in [5.41, 5.74) is 6.62. The van der Waals surface area contributed by atoms with Crippen LogP contribution in [0.15, 0.2) is 29.3 Å². The van der Waals surface area contributed by atoms with Crippen molar-refractivity contribution in [2.75, 3.05) is 13.1 Å². The average molecular weight is 469 g/mol. The quantitative estimate of drug-likeness (QED) is 0.412. The molecule has 2 fully saturated rings. The number of para-hydroxylation sites is 1. The highest BCUT2D eigenvalue weighted by atomic mass is 127. The highest BCUT2D eigenvalue weighted by molar-refractivity contribution is 14.0. The van der Waals surface area contributed by atoms with Gasteiger partial charge in [0.1, 0.15) is 5.75 Å². The molecule has 0 amide bonds. The van der Waals surface area contributed by atoms with Crippen molar-refractivity contribution in [1.29, 1.82) is 0 Å². The molecule has 140 valence electrons. The maximum Gasteiger partial charge on any atom is 0.573 e. The molecular weight excluding hydrogens is 446 g/mol. The fraction of sp³-hybridized carbons (Fsp3) is 0.588. The van der Waals surface area contributed by atoms with Crippen molar-refractivity contribution in [3.8, 4) is 5.75 Å². The van der Waals surface area contributed by atoms with Crippen LogP contribution >= 0.6 is 24.0 Å². The molecule has 2 aliphatic rings. The molecular formula is C17H23F3IN3O. The standard InChI is InChI=1S/C17H22F3N3O.HI/c1-11-6-8-23(9-7-11)16(21)22-14-10-13(14)12-4-2-3-5-15(12)24-17(18,19)20;/h2-5,11,13-14H,6-10H2,1H3,(H2,21,22);1H. The topological polar surface area (TPSA) is 50.8 Å². The summed E-state index contributed by atoms with van der Waals surface area (Å²) in [6, 6.07) is 6.20. The van der Waals surface area contributed by atoms with Gasteiger partial charge in [-0.3, -0.25) is 0 Å². The fourth-order valence-corrected chi connectivity index (χ4v) is 3.15. The molecule has 1 aromatic carbocycles. The van der Waals surface area contributed by atoms with Crippen molar-refractivity contribution in [2.24, 2.45) is 16.6 Å². The van der Waals surface area contributed by atoms with Crippen LogP contribution in [0, 0.1) is 5.92 Å². The van der Waals surface area contributed by atoms with Crippen molar-refractivity contribution >= 4 is 29.9 Å². The van der Waals surface area contributed by atoms with E-state index in [-0.39, 0.29) is 41.7 Å². The first kappa shape index (κ1) is 20.1. The maximum atomic E-state index is 12.5. The van der Waals surface area contributed by atoms with Crippen LogP contribution in [0.25, 0.3) is 0 Å². The van der Waals surface area contributed by atoms with E-state index in [9.17, 15) is 13.2 Å². The molecule has 1 aromatic rings. The van der Waals surface area contributed by atoms with Crippen molar-refractivity contribution < 1.29 is 17.9 Å². The number of likely N-dealkylation sites (tertiary alicyclic amines) is 1. The molecule has 2 atom stereocenters. The van der Waals surface area contributed by atoms with Gasteiger partial charge in [-0.05, 0) is 36.8 Å². The number of hydrogen-bond donors (Lipinski definition) is 1. The van der Waals surface area contributed by atoms with E-state index in [4.69, 9.17) is 5.73 Å². The largest absolute Gasteiger partial charge is 0.573 e. The van der Waals surface area contributed by atoms with Crippen LogP contribution in [0.4, 0.5) is 13.2 Å². The van der Waals surface area contributed by atoms with Gasteiger partial charge in [-0.15, -0.1) is 37.1 Å². The molecule has 4 nitrogen and oxygen atoms in total. The number of benzene rings is 1. The van der Waals surface area contributed by atoms with Crippen molar-refractivity contribution in [1.82, 2.24) is 4.90 Å². The molecule has 0 aromatic heterocycles. The third-order valence-corrected chi connectivity index (χ3v) is 4.71. The number of ether oxygens (including phenoxy) is 1. The first-order chi connectivity index (χ1) is 11.3. The molecule has 0 spiro atoms. The lowest BCUT2D eigenvalue weighted by Crippen LogP contribution is -2.42. The van der Waals surface area contributed by atoms with Gasteiger partial charge in [-0.1, -0.05) is 25.1 Å². The van der Waals surface area contributed by atoms with Crippen LogP contribution in [0.2, 0.25) is 0 Å². The summed E-state index contributed by atoms with van der Waals surface area (Å²) >= 11 is 0. The number of guanidine groups is 1.